The van der Waals surface area contributed by atoms with E-state index in [0.29, 0.717) is 6.29 Å². The highest BCUT2D eigenvalue weighted by atomic mass is 32.2. The molecule has 0 atom stereocenters. The van der Waals surface area contributed by atoms with Crippen LogP contribution in [0.4, 0.5) is 26.3 Å². The summed E-state index contributed by atoms with van der Waals surface area (Å²) >= 11 is 0. The third-order valence-electron chi connectivity index (χ3n) is 3.20. The van der Waals surface area contributed by atoms with Gasteiger partial charge >= 0.3 is 12.4 Å². The van der Waals surface area contributed by atoms with Gasteiger partial charge in [-0.3, -0.25) is 10.2 Å². The summed E-state index contributed by atoms with van der Waals surface area (Å²) in [6, 6.07) is 4.33. The number of rotatable bonds is 7. The van der Waals surface area contributed by atoms with Crippen LogP contribution in [0.25, 0.3) is 0 Å². The van der Waals surface area contributed by atoms with Crippen LogP contribution < -0.4 is 15.6 Å². The molecule has 13 heteroatoms. The van der Waals surface area contributed by atoms with Gasteiger partial charge in [0.1, 0.15) is 12.1 Å². The number of hydrogen-bond donors (Lipinski definition) is 3. The first-order chi connectivity index (χ1) is 11.6. The second kappa shape index (κ2) is 7.15. The molecule has 26 heavy (non-hydrogen) atoms. The van der Waals surface area contributed by atoms with E-state index in [1.54, 1.807) is 10.3 Å². The first kappa shape index (κ1) is 21.8. The van der Waals surface area contributed by atoms with Gasteiger partial charge in [-0.2, -0.15) is 26.3 Å². The molecule has 0 aliphatic rings. The van der Waals surface area contributed by atoms with Crippen LogP contribution in [0, 0.1) is 0 Å². The van der Waals surface area contributed by atoms with Crippen molar-refractivity contribution in [1.82, 2.24) is 15.6 Å². The molecule has 1 aromatic carbocycles. The summed E-state index contributed by atoms with van der Waals surface area (Å²) in [7, 11) is -4.35. The molecule has 0 spiro atoms. The van der Waals surface area contributed by atoms with Gasteiger partial charge < -0.3 is 5.32 Å². The normalized spacial score (nSPS) is 13.2. The highest BCUT2D eigenvalue weighted by Gasteiger charge is 2.68. The van der Waals surface area contributed by atoms with E-state index >= 15 is 0 Å². The average Bonchev–Trinajstić information content (AvgIpc) is 2.51. The summed E-state index contributed by atoms with van der Waals surface area (Å²) in [5, 5.41) is 1.09. The maximum Gasteiger partial charge on any atom is 0.420 e. The van der Waals surface area contributed by atoms with Crippen molar-refractivity contribution in [2.24, 2.45) is 0 Å². The van der Waals surface area contributed by atoms with Crippen LogP contribution in [-0.2, 0) is 10.0 Å². The van der Waals surface area contributed by atoms with Gasteiger partial charge in [-0.05, 0) is 19.1 Å². The van der Waals surface area contributed by atoms with Crippen molar-refractivity contribution >= 4 is 16.3 Å². The molecule has 6 nitrogen and oxygen atoms in total. The van der Waals surface area contributed by atoms with Gasteiger partial charge in [0.25, 0.3) is 10.0 Å². The zero-order chi connectivity index (χ0) is 20.4. The molecule has 3 N–H and O–H groups in total. The average molecular weight is 405 g/mol. The fourth-order valence-corrected chi connectivity index (χ4v) is 2.42. The molecule has 146 valence electrons. The fourth-order valence-electron chi connectivity index (χ4n) is 1.55. The van der Waals surface area contributed by atoms with Crippen molar-refractivity contribution in [3.63, 3.8) is 0 Å². The van der Waals surface area contributed by atoms with E-state index < -0.39 is 38.6 Å². The van der Waals surface area contributed by atoms with Gasteiger partial charge in [-0.15, -0.1) is 4.83 Å². The highest BCUT2D eigenvalue weighted by molar-refractivity contribution is 7.89. The molecule has 0 unspecified atom stereocenters. The molecule has 0 bridgehead atoms. The number of carbonyl (C=O) groups is 1. The monoisotopic (exact) mass is 405 g/mol. The Morgan fingerprint density at radius 1 is 1.04 bits per heavy atom. The van der Waals surface area contributed by atoms with E-state index in [1.165, 1.54) is 0 Å². The predicted octanol–water partition coefficient (Wildman–Crippen LogP) is 2.23. The summed E-state index contributed by atoms with van der Waals surface area (Å²) < 4.78 is 100. The minimum atomic E-state index is -5.74. The highest BCUT2D eigenvalue weighted by Crippen LogP contribution is 2.42. The first-order valence-corrected chi connectivity index (χ1v) is 8.06. The SMILES string of the molecule is C=C(NNS(=O)(=O)c1ccc(C=O)cc1)NC(C)(C(F)(F)F)C(F)(F)F. The summed E-state index contributed by atoms with van der Waals surface area (Å²) in [6.45, 7) is 2.74. The van der Waals surface area contributed by atoms with E-state index in [0.717, 1.165) is 29.6 Å². The van der Waals surface area contributed by atoms with Gasteiger partial charge in [0.15, 0.2) is 0 Å². The van der Waals surface area contributed by atoms with Crippen LogP contribution in [-0.4, -0.2) is 32.6 Å². The molecule has 0 saturated heterocycles. The number of halogens is 6. The second-order valence-corrected chi connectivity index (χ2v) is 6.82. The molecule has 0 heterocycles. The number of carbonyl (C=O) groups excluding carboxylic acids is 1. The van der Waals surface area contributed by atoms with Crippen molar-refractivity contribution in [3.05, 3.63) is 42.2 Å². The lowest BCUT2D eigenvalue weighted by molar-refractivity contribution is -0.299. The number of alkyl halides is 6. The van der Waals surface area contributed by atoms with Gasteiger partial charge in [-0.25, -0.2) is 8.42 Å². The molecular formula is C13H13F6N3O3S. The third-order valence-corrected chi connectivity index (χ3v) is 4.46. The lowest BCUT2D eigenvalue weighted by atomic mass is 10.0. The van der Waals surface area contributed by atoms with Crippen LogP contribution in [0.3, 0.4) is 0 Å². The molecule has 1 aromatic rings. The quantitative estimate of drug-likeness (QED) is 0.368. The Kier molecular flexibility index (Phi) is 5.98. The molecule has 1 rings (SSSR count). The Hall–Kier alpha value is -2.28. The van der Waals surface area contributed by atoms with Gasteiger partial charge in [0.05, 0.1) is 4.90 Å². The number of nitrogens with one attached hydrogen (secondary N) is 3. The minimum absolute atomic E-state index is 0.160. The topological polar surface area (TPSA) is 87.3 Å². The van der Waals surface area contributed by atoms with E-state index in [1.807, 2.05) is 0 Å². The van der Waals surface area contributed by atoms with E-state index in [9.17, 15) is 39.6 Å². The summed E-state index contributed by atoms with van der Waals surface area (Å²) in [6.07, 6.45) is -11.0. The zero-order valence-electron chi connectivity index (χ0n) is 13.0. The molecular weight excluding hydrogens is 392 g/mol. The Labute approximate surface area is 144 Å². The molecule has 0 aliphatic carbocycles. The van der Waals surface area contributed by atoms with Gasteiger partial charge in [0, 0.05) is 5.56 Å². The molecule has 0 fully saturated rings. The minimum Gasteiger partial charge on any atom is -0.350 e. The van der Waals surface area contributed by atoms with Crippen molar-refractivity contribution < 1.29 is 39.6 Å². The largest absolute Gasteiger partial charge is 0.420 e. The molecule has 0 saturated carbocycles. The summed E-state index contributed by atoms with van der Waals surface area (Å²) in [5.74, 6) is -1.09. The number of benzene rings is 1. The third kappa shape index (κ3) is 4.66. The smallest absolute Gasteiger partial charge is 0.350 e. The molecule has 0 aromatic heterocycles. The Morgan fingerprint density at radius 3 is 1.88 bits per heavy atom. The number of hydrazine groups is 1. The predicted molar refractivity (Wildman–Crippen MR) is 78.1 cm³/mol. The number of hydrogen-bond acceptors (Lipinski definition) is 5. The zero-order valence-corrected chi connectivity index (χ0v) is 13.8. The van der Waals surface area contributed by atoms with Crippen molar-refractivity contribution in [2.45, 2.75) is 29.7 Å². The number of aldehydes is 1. The lowest BCUT2D eigenvalue weighted by Gasteiger charge is -2.36. The summed E-state index contributed by atoms with van der Waals surface area (Å²) in [5.41, 5.74) is -2.56. The molecule has 0 aliphatic heterocycles. The standard InChI is InChI=1S/C13H13F6N3O3S/c1-8(20-11(2,12(14,15)16)13(17,18)19)21-22-26(24,25)10-5-3-9(7-23)4-6-10/h3-7,20-22H,1H2,2H3. The maximum absolute atomic E-state index is 12.8. The van der Waals surface area contributed by atoms with E-state index in [4.69, 9.17) is 0 Å². The van der Waals surface area contributed by atoms with Crippen LogP contribution >= 0.6 is 0 Å². The van der Waals surface area contributed by atoms with Gasteiger partial charge in [0.2, 0.25) is 5.54 Å². The molecule has 0 amide bonds. The van der Waals surface area contributed by atoms with Gasteiger partial charge in [-0.1, -0.05) is 18.7 Å². The van der Waals surface area contributed by atoms with Crippen molar-refractivity contribution in [3.8, 4) is 0 Å². The fraction of sp³-hybridized carbons (Fsp3) is 0.308. The Balaban J connectivity index is 2.88. The number of sulfonamides is 1. The lowest BCUT2D eigenvalue weighted by Crippen LogP contribution is -2.65. The summed E-state index contributed by atoms with van der Waals surface area (Å²) in [4.78, 5) is 11.7. The van der Waals surface area contributed by atoms with Crippen LogP contribution in [0.2, 0.25) is 0 Å². The van der Waals surface area contributed by atoms with Crippen LogP contribution in [0.5, 0.6) is 0 Å². The maximum atomic E-state index is 12.8. The van der Waals surface area contributed by atoms with Crippen molar-refractivity contribution in [2.75, 3.05) is 0 Å². The van der Waals surface area contributed by atoms with Crippen LogP contribution in [0.1, 0.15) is 17.3 Å². The van der Waals surface area contributed by atoms with E-state index in [-0.39, 0.29) is 12.5 Å². The van der Waals surface area contributed by atoms with E-state index in [2.05, 4.69) is 6.58 Å². The Bertz CT molecular complexity index is 758. The van der Waals surface area contributed by atoms with Crippen molar-refractivity contribution in [1.29, 1.82) is 0 Å². The molecule has 0 radical (unpaired) electrons. The first-order valence-electron chi connectivity index (χ1n) is 6.57. The second-order valence-electron chi connectivity index (χ2n) is 5.14. The Morgan fingerprint density at radius 2 is 1.50 bits per heavy atom. The van der Waals surface area contributed by atoms with Crippen LogP contribution in [0.15, 0.2) is 41.6 Å².